The van der Waals surface area contributed by atoms with Crippen LogP contribution >= 0.6 is 11.3 Å². The lowest BCUT2D eigenvalue weighted by atomic mass is 10.0. The van der Waals surface area contributed by atoms with Crippen molar-refractivity contribution >= 4 is 75.1 Å². The first kappa shape index (κ1) is 19.2. The van der Waals surface area contributed by atoms with Crippen LogP contribution < -0.4 is 0 Å². The Kier molecular flexibility index (Phi) is 4.34. The number of hydrogen-bond donors (Lipinski definition) is 0. The van der Waals surface area contributed by atoms with Crippen LogP contribution in [0.3, 0.4) is 0 Å². The molecule has 0 bridgehead atoms. The summed E-state index contributed by atoms with van der Waals surface area (Å²) < 4.78 is 221. The average Bonchev–Trinajstić information content (AvgIpc) is 1.57. The molecule has 0 unspecified atom stereocenters. The highest BCUT2D eigenvalue weighted by Gasteiger charge is 2.22. The summed E-state index contributed by atoms with van der Waals surface area (Å²) in [6.45, 7) is 0. The van der Waals surface area contributed by atoms with Crippen molar-refractivity contribution in [2.24, 2.45) is 0 Å². The topological polar surface area (TPSA) is 48.5 Å². The lowest BCUT2D eigenvalue weighted by Crippen LogP contribution is -2.10. The van der Waals surface area contributed by atoms with E-state index in [-0.39, 0.29) is 22.2 Å². The number of para-hydroxylation sites is 2. The van der Waals surface area contributed by atoms with Crippen molar-refractivity contribution in [3.05, 3.63) is 212 Å². The van der Waals surface area contributed by atoms with Gasteiger partial charge < -0.3 is 0 Å². The zero-order valence-electron chi connectivity index (χ0n) is 56.0. The maximum absolute atomic E-state index is 10.1. The Labute approximate surface area is 400 Å². The molecule has 0 aliphatic rings. The van der Waals surface area contributed by atoms with Crippen molar-refractivity contribution in [2.45, 2.75) is 0 Å². The molecule has 0 radical (unpaired) electrons. The predicted octanol–water partition coefficient (Wildman–Crippen LogP) is 15.1. The molecule has 0 saturated carbocycles. The summed E-state index contributed by atoms with van der Waals surface area (Å²) in [6, 6.07) is 0.575. The van der Waals surface area contributed by atoms with Crippen LogP contribution in [0.4, 0.5) is 0 Å². The van der Waals surface area contributed by atoms with Gasteiger partial charge in [0.25, 0.3) is 0 Å². The molecule has 4 heterocycles. The first-order chi connectivity index (χ1) is 41.2. The second kappa shape index (κ2) is 14.2. The fraction of sp³-hybridized carbons (Fsp3) is 0. The summed E-state index contributed by atoms with van der Waals surface area (Å²) in [5, 5.41) is 0.246. The van der Waals surface area contributed by atoms with Crippen LogP contribution in [0.1, 0.15) is 32.9 Å². The highest BCUT2D eigenvalue weighted by Crippen LogP contribution is 2.39. The van der Waals surface area contributed by atoms with Crippen molar-refractivity contribution in [3.8, 4) is 56.7 Å². The Bertz CT molecular complexity index is 5070. The molecule has 13 aromatic rings. The van der Waals surface area contributed by atoms with Gasteiger partial charge in [-0.15, -0.1) is 11.3 Å². The molecular weight excluding hydrogens is 787 g/mol. The van der Waals surface area contributed by atoms with E-state index in [0.717, 1.165) is 34.9 Å². The maximum atomic E-state index is 10.1. The van der Waals surface area contributed by atoms with E-state index in [1.54, 1.807) is 35.6 Å². The van der Waals surface area contributed by atoms with Crippen LogP contribution in [0.2, 0.25) is 0 Å². The Hall–Kier alpha value is -8.19. The zero-order valence-corrected chi connectivity index (χ0v) is 32.8. The Morgan fingerprint density at radius 1 is 0.349 bits per heavy atom. The number of fused-ring (bicyclic) bond motifs is 9. The van der Waals surface area contributed by atoms with Gasteiger partial charge in [-0.25, -0.2) is 0 Å². The van der Waals surface area contributed by atoms with Crippen LogP contribution in [0.5, 0.6) is 0 Å². The standard InChI is InChI=1S/C57H35N5S/c1-3-13-36(14-4-1)41-27-30-45-46-31-28-42(37-15-5-2-6-16-37)35-52(46)62(51(45)34-41)57-59-55(58-56(60-57)61-49-20-10-7-17-43(49)44-18-8-11-21-50(44)61)39-25-23-38(24-26-39)40-29-32-54-48(33-40)47-19-9-12-22-53(47)63-54/h1-35H/i1D,2D,3D,4D,5D,6D,7D,8D,10D,11D,13D,14D,15D,16D,17D,18D,20D,21D,27D,28D,30D,31D,34D,35D. The van der Waals surface area contributed by atoms with Crippen LogP contribution in [0.15, 0.2) is 212 Å². The summed E-state index contributed by atoms with van der Waals surface area (Å²) in [5.41, 5.74) is -3.28. The van der Waals surface area contributed by atoms with Crippen LogP contribution in [0, 0.1) is 0 Å². The summed E-state index contributed by atoms with van der Waals surface area (Å²) in [5.74, 6) is -1.66. The smallest absolute Gasteiger partial charge is 0.240 e. The van der Waals surface area contributed by atoms with Crippen LogP contribution in [-0.4, -0.2) is 24.1 Å². The van der Waals surface area contributed by atoms with Crippen molar-refractivity contribution in [2.75, 3.05) is 0 Å². The Balaban J connectivity index is 1.22. The van der Waals surface area contributed by atoms with Crippen molar-refractivity contribution in [1.82, 2.24) is 24.1 Å². The summed E-state index contributed by atoms with van der Waals surface area (Å²) in [4.78, 5) is 14.6. The first-order valence-corrected chi connectivity index (χ1v) is 20.0. The van der Waals surface area contributed by atoms with E-state index in [0.29, 0.717) is 5.56 Å². The fourth-order valence-corrected chi connectivity index (χ4v) is 8.91. The van der Waals surface area contributed by atoms with E-state index < -0.39 is 212 Å². The minimum Gasteiger partial charge on any atom is -0.278 e. The number of aromatic nitrogens is 5. The van der Waals surface area contributed by atoms with E-state index in [9.17, 15) is 11.0 Å². The summed E-state index contributed by atoms with van der Waals surface area (Å²) >= 11 is 1.63. The highest BCUT2D eigenvalue weighted by molar-refractivity contribution is 7.25. The number of hydrogen-bond acceptors (Lipinski definition) is 4. The van der Waals surface area contributed by atoms with Gasteiger partial charge in [0.05, 0.1) is 55.0 Å². The largest absolute Gasteiger partial charge is 0.278 e. The molecule has 0 fully saturated rings. The molecule has 0 amide bonds. The van der Waals surface area contributed by atoms with Gasteiger partial charge >= 0.3 is 0 Å². The average molecular weight is 846 g/mol. The van der Waals surface area contributed by atoms with Crippen molar-refractivity contribution in [1.29, 1.82) is 0 Å². The molecule has 0 N–H and O–H groups in total. The second-order valence-electron chi connectivity index (χ2n) is 14.2. The number of nitrogens with zero attached hydrogens (tertiary/aromatic N) is 5. The van der Waals surface area contributed by atoms with Gasteiger partial charge in [0.15, 0.2) is 5.82 Å². The zero-order chi connectivity index (χ0) is 62.3. The molecule has 4 aromatic heterocycles. The van der Waals surface area contributed by atoms with Gasteiger partial charge in [-0.2, -0.15) is 15.0 Å². The fourth-order valence-electron chi connectivity index (χ4n) is 7.82. The molecule has 0 saturated heterocycles. The normalized spacial score (nSPS) is 17.1. The minimum absolute atomic E-state index is 0.178. The van der Waals surface area contributed by atoms with Gasteiger partial charge in [-0.05, 0) is 75.7 Å². The van der Waals surface area contributed by atoms with Gasteiger partial charge in [0, 0.05) is 47.3 Å². The molecule has 13 rings (SSSR count). The number of benzene rings is 9. The monoisotopic (exact) mass is 845 g/mol. The van der Waals surface area contributed by atoms with Gasteiger partial charge in [-0.3, -0.25) is 9.13 Å². The third kappa shape index (κ3) is 5.80. The maximum Gasteiger partial charge on any atom is 0.240 e. The second-order valence-corrected chi connectivity index (χ2v) is 15.3. The molecule has 9 aromatic carbocycles. The summed E-state index contributed by atoms with van der Waals surface area (Å²) in [7, 11) is 0. The Morgan fingerprint density at radius 3 is 1.46 bits per heavy atom. The van der Waals surface area contributed by atoms with Crippen LogP contribution in [-0.2, 0) is 0 Å². The molecule has 0 aliphatic carbocycles. The first-order valence-electron chi connectivity index (χ1n) is 31.2. The summed E-state index contributed by atoms with van der Waals surface area (Å²) in [6.07, 6.45) is 0. The number of thiophene rings is 1. The molecule has 0 spiro atoms. The predicted molar refractivity (Wildman–Crippen MR) is 263 cm³/mol. The molecular formula is C57H35N5S. The molecule has 0 aliphatic heterocycles. The molecule has 6 heteroatoms. The van der Waals surface area contributed by atoms with Gasteiger partial charge in [-0.1, -0.05) is 169 Å². The molecule has 5 nitrogen and oxygen atoms in total. The van der Waals surface area contributed by atoms with Crippen molar-refractivity contribution in [3.63, 3.8) is 0 Å². The van der Waals surface area contributed by atoms with E-state index in [1.165, 1.54) is 0 Å². The van der Waals surface area contributed by atoms with E-state index >= 15 is 0 Å². The van der Waals surface area contributed by atoms with Crippen molar-refractivity contribution < 1.29 is 32.9 Å². The SMILES string of the molecule is [2H]c1c([2H])c([2H])c(-c2c([2H])c([2H])c3c4c([2H])c([2H])c(-c5c([2H])c([2H])c([2H])c([2H])c5[2H])c([2H])c4n(-c4nc(-c5ccc(-c6ccc7sc8ccccc8c7c6)cc5)nc(-n5c6c([2H])c([2H])c([2H])c([2H])c6c6c([2H])c([2H])c([2H])c([2H])c65)n4)c3c2[2H])c([2H])c1[2H]. The van der Waals surface area contributed by atoms with Gasteiger partial charge in [0.2, 0.25) is 11.9 Å². The quantitative estimate of drug-likeness (QED) is 0.167. The third-order valence-electron chi connectivity index (χ3n) is 10.7. The minimum atomic E-state index is -0.908. The lowest BCUT2D eigenvalue weighted by molar-refractivity contribution is 0.893. The Morgan fingerprint density at radius 2 is 0.841 bits per heavy atom. The van der Waals surface area contributed by atoms with Gasteiger partial charge in [0.1, 0.15) is 0 Å². The number of rotatable bonds is 6. The third-order valence-corrected chi connectivity index (χ3v) is 11.8. The van der Waals surface area contributed by atoms with E-state index in [1.807, 2.05) is 42.5 Å². The molecule has 63 heavy (non-hydrogen) atoms. The van der Waals surface area contributed by atoms with E-state index in [2.05, 4.69) is 0 Å². The van der Waals surface area contributed by atoms with E-state index in [4.69, 9.17) is 36.9 Å². The lowest BCUT2D eigenvalue weighted by Gasteiger charge is -2.13. The molecule has 0 atom stereocenters. The van der Waals surface area contributed by atoms with Crippen LogP contribution in [0.25, 0.3) is 120 Å². The molecule has 294 valence electrons. The highest BCUT2D eigenvalue weighted by atomic mass is 32.1.